The fraction of sp³-hybridized carbons (Fsp3) is 0.464. The first-order valence-electron chi connectivity index (χ1n) is 12.6. The highest BCUT2D eigenvalue weighted by Gasteiger charge is 2.58. The predicted molar refractivity (Wildman–Crippen MR) is 129 cm³/mol. The van der Waals surface area contributed by atoms with Gasteiger partial charge in [0.15, 0.2) is 0 Å². The van der Waals surface area contributed by atoms with Crippen molar-refractivity contribution >= 4 is 18.0 Å². The monoisotopic (exact) mass is 474 g/mol. The molecule has 2 saturated carbocycles. The number of amides is 2. The lowest BCUT2D eigenvalue weighted by atomic mass is 9.74. The van der Waals surface area contributed by atoms with Gasteiger partial charge in [0.25, 0.3) is 0 Å². The van der Waals surface area contributed by atoms with E-state index in [1.165, 1.54) is 22.3 Å². The minimum absolute atomic E-state index is 0.0118. The highest BCUT2D eigenvalue weighted by Crippen LogP contribution is 2.48. The van der Waals surface area contributed by atoms with Crippen molar-refractivity contribution in [1.29, 1.82) is 0 Å². The first-order chi connectivity index (χ1) is 17.0. The van der Waals surface area contributed by atoms with E-state index >= 15 is 0 Å². The maximum Gasteiger partial charge on any atom is 0.407 e. The van der Waals surface area contributed by atoms with Crippen molar-refractivity contribution in [2.75, 3.05) is 19.7 Å². The Kier molecular flexibility index (Phi) is 5.50. The van der Waals surface area contributed by atoms with Gasteiger partial charge in [-0.2, -0.15) is 0 Å². The summed E-state index contributed by atoms with van der Waals surface area (Å²) in [6, 6.07) is 16.3. The summed E-state index contributed by atoms with van der Waals surface area (Å²) in [7, 11) is 0. The third-order valence-corrected chi connectivity index (χ3v) is 8.69. The highest BCUT2D eigenvalue weighted by atomic mass is 16.5. The number of hydrogen-bond acceptors (Lipinski definition) is 4. The molecule has 2 aromatic carbocycles. The van der Waals surface area contributed by atoms with Crippen molar-refractivity contribution < 1.29 is 24.2 Å². The molecule has 3 aliphatic carbocycles. The third kappa shape index (κ3) is 3.68. The van der Waals surface area contributed by atoms with Crippen molar-refractivity contribution in [1.82, 2.24) is 10.2 Å². The second-order valence-electron chi connectivity index (χ2n) is 10.4. The Morgan fingerprint density at radius 2 is 1.69 bits per heavy atom. The highest BCUT2D eigenvalue weighted by molar-refractivity contribution is 5.83. The smallest absolute Gasteiger partial charge is 0.407 e. The van der Waals surface area contributed by atoms with E-state index < -0.39 is 18.0 Å². The minimum atomic E-state index is -0.790. The molecule has 2 saturated heterocycles. The van der Waals surface area contributed by atoms with Gasteiger partial charge in [-0.3, -0.25) is 9.59 Å². The number of carbonyl (C=O) groups is 3. The molecule has 0 radical (unpaired) electrons. The lowest BCUT2D eigenvalue weighted by Crippen LogP contribution is -2.47. The number of carboxylic acids is 1. The molecular weight excluding hydrogens is 444 g/mol. The van der Waals surface area contributed by atoms with Gasteiger partial charge in [-0.05, 0) is 53.4 Å². The molecule has 35 heavy (non-hydrogen) atoms. The molecule has 3 unspecified atom stereocenters. The van der Waals surface area contributed by atoms with Crippen molar-refractivity contribution in [3.05, 3.63) is 59.7 Å². The van der Waals surface area contributed by atoms with Gasteiger partial charge in [0, 0.05) is 31.0 Å². The van der Waals surface area contributed by atoms with Crippen LogP contribution >= 0.6 is 0 Å². The van der Waals surface area contributed by atoms with Gasteiger partial charge in [0.1, 0.15) is 6.61 Å². The summed E-state index contributed by atoms with van der Waals surface area (Å²) in [6.45, 7) is 1.22. The number of aliphatic carboxylic acids is 1. The molecule has 2 aliphatic heterocycles. The fourth-order valence-corrected chi connectivity index (χ4v) is 6.92. The SMILES string of the molecule is O=C(NC[C@@H]1CCC[C@@H]1C(=O)N1CC2CC1C2C(=O)O)OCC1c2ccccc2-c2ccccc21. The van der Waals surface area contributed by atoms with E-state index in [2.05, 4.69) is 29.6 Å². The summed E-state index contributed by atoms with van der Waals surface area (Å²) in [5.41, 5.74) is 4.72. The average Bonchev–Trinajstić information content (AvgIpc) is 3.62. The van der Waals surface area contributed by atoms with Crippen LogP contribution in [0.25, 0.3) is 11.1 Å². The van der Waals surface area contributed by atoms with Crippen LogP contribution in [0, 0.1) is 23.7 Å². The number of benzene rings is 2. The number of alkyl carbamates (subject to hydrolysis) is 1. The molecule has 2 bridgehead atoms. The van der Waals surface area contributed by atoms with E-state index in [0.29, 0.717) is 13.1 Å². The Labute approximate surface area is 204 Å². The van der Waals surface area contributed by atoms with Gasteiger partial charge in [-0.15, -0.1) is 0 Å². The molecule has 0 aromatic heterocycles. The van der Waals surface area contributed by atoms with E-state index in [-0.39, 0.29) is 42.2 Å². The number of carboxylic acid groups (broad SMARTS) is 1. The zero-order chi connectivity index (χ0) is 24.1. The number of rotatable bonds is 6. The quantitative estimate of drug-likeness (QED) is 0.663. The minimum Gasteiger partial charge on any atom is -0.481 e. The average molecular weight is 475 g/mol. The second-order valence-corrected chi connectivity index (χ2v) is 10.4. The lowest BCUT2D eigenvalue weighted by Gasteiger charge is -2.34. The van der Waals surface area contributed by atoms with E-state index in [4.69, 9.17) is 4.74 Å². The van der Waals surface area contributed by atoms with Crippen LogP contribution in [0.3, 0.4) is 0 Å². The summed E-state index contributed by atoms with van der Waals surface area (Å²) < 4.78 is 5.65. The number of nitrogens with zero attached hydrogens (tertiary/aromatic N) is 1. The van der Waals surface area contributed by atoms with Crippen LogP contribution in [-0.4, -0.2) is 53.7 Å². The topological polar surface area (TPSA) is 95.9 Å². The number of ether oxygens (including phenoxy) is 1. The van der Waals surface area contributed by atoms with Crippen molar-refractivity contribution in [2.45, 2.75) is 37.6 Å². The van der Waals surface area contributed by atoms with Gasteiger partial charge >= 0.3 is 12.1 Å². The zero-order valence-corrected chi connectivity index (χ0v) is 19.6. The van der Waals surface area contributed by atoms with Crippen molar-refractivity contribution in [2.24, 2.45) is 23.7 Å². The van der Waals surface area contributed by atoms with Crippen LogP contribution in [0.15, 0.2) is 48.5 Å². The van der Waals surface area contributed by atoms with Crippen LogP contribution in [-0.2, 0) is 14.3 Å². The van der Waals surface area contributed by atoms with E-state index in [1.54, 1.807) is 4.90 Å². The number of fused-ring (bicyclic) bond motifs is 4. The molecule has 2 N–H and O–H groups in total. The Hall–Kier alpha value is -3.35. The van der Waals surface area contributed by atoms with Gasteiger partial charge in [-0.25, -0.2) is 4.79 Å². The normalized spacial score (nSPS) is 28.2. The van der Waals surface area contributed by atoms with E-state index in [9.17, 15) is 19.5 Å². The van der Waals surface area contributed by atoms with Crippen LogP contribution in [0.2, 0.25) is 0 Å². The molecule has 2 heterocycles. The summed E-state index contributed by atoms with van der Waals surface area (Å²) in [5, 5.41) is 12.3. The molecule has 182 valence electrons. The first kappa shape index (κ1) is 22.1. The largest absolute Gasteiger partial charge is 0.481 e. The van der Waals surface area contributed by atoms with Crippen LogP contribution in [0.5, 0.6) is 0 Å². The number of carbonyl (C=O) groups excluding carboxylic acids is 2. The Balaban J connectivity index is 1.04. The van der Waals surface area contributed by atoms with Gasteiger partial charge in [0.2, 0.25) is 5.91 Å². The van der Waals surface area contributed by atoms with E-state index in [0.717, 1.165) is 25.7 Å². The van der Waals surface area contributed by atoms with E-state index in [1.807, 2.05) is 24.3 Å². The first-order valence-corrected chi connectivity index (χ1v) is 12.6. The molecule has 7 heteroatoms. The zero-order valence-electron chi connectivity index (χ0n) is 19.6. The van der Waals surface area contributed by atoms with Gasteiger partial charge < -0.3 is 20.1 Å². The van der Waals surface area contributed by atoms with Gasteiger partial charge in [-0.1, -0.05) is 55.0 Å². The Bertz CT molecular complexity index is 1130. The fourth-order valence-electron chi connectivity index (χ4n) is 6.92. The maximum atomic E-state index is 13.2. The Morgan fingerprint density at radius 3 is 2.34 bits per heavy atom. The maximum absolute atomic E-state index is 13.2. The molecule has 7 rings (SSSR count). The lowest BCUT2D eigenvalue weighted by molar-refractivity contribution is -0.149. The number of nitrogens with one attached hydrogen (secondary N) is 1. The van der Waals surface area contributed by atoms with Crippen molar-refractivity contribution in [3.8, 4) is 11.1 Å². The molecule has 2 aromatic rings. The predicted octanol–water partition coefficient (Wildman–Crippen LogP) is 3.87. The molecular formula is C28H30N2O5. The van der Waals surface area contributed by atoms with Crippen molar-refractivity contribution in [3.63, 3.8) is 0 Å². The number of hydrogen-bond donors (Lipinski definition) is 2. The third-order valence-electron chi connectivity index (χ3n) is 8.69. The molecule has 2 amide bonds. The summed E-state index contributed by atoms with van der Waals surface area (Å²) in [4.78, 5) is 39.1. The van der Waals surface area contributed by atoms with Crippen LogP contribution in [0.1, 0.15) is 42.7 Å². The second kappa shape index (κ2) is 8.70. The van der Waals surface area contributed by atoms with Crippen LogP contribution in [0.4, 0.5) is 4.79 Å². The molecule has 7 nitrogen and oxygen atoms in total. The van der Waals surface area contributed by atoms with Crippen LogP contribution < -0.4 is 5.32 Å². The standard InChI is InChI=1S/C28H30N2O5/c31-26(30-14-17-12-24(30)25(17)27(32)33)18-11-5-6-16(18)13-29-28(34)35-15-23-21-9-3-1-7-19(21)20-8-2-4-10-22(20)23/h1-4,7-10,16-18,23-25H,5-6,11-15H2,(H,29,34)(H,32,33)/t16-,17?,18-,24?,25?/m0/s1. The summed E-state index contributed by atoms with van der Waals surface area (Å²) >= 11 is 0. The molecule has 0 spiro atoms. The molecule has 4 fully saturated rings. The van der Waals surface area contributed by atoms with Gasteiger partial charge in [0.05, 0.1) is 5.92 Å². The Morgan fingerprint density at radius 1 is 1.00 bits per heavy atom. The summed E-state index contributed by atoms with van der Waals surface area (Å²) in [6.07, 6.45) is 2.96. The summed E-state index contributed by atoms with van der Waals surface area (Å²) in [5.74, 6) is -1.11. The molecule has 5 aliphatic rings. The molecule has 5 atom stereocenters.